The van der Waals surface area contributed by atoms with Crippen molar-refractivity contribution in [3.05, 3.63) is 59.9 Å². The Hall–Kier alpha value is -2.89. The van der Waals surface area contributed by atoms with Gasteiger partial charge in [0.15, 0.2) is 6.10 Å². The fourth-order valence-electron chi connectivity index (χ4n) is 3.08. The Morgan fingerprint density at radius 2 is 1.78 bits per heavy atom. The third-order valence-corrected chi connectivity index (χ3v) is 4.56. The van der Waals surface area contributed by atoms with E-state index in [-0.39, 0.29) is 17.6 Å². The minimum atomic E-state index is -0.745. The van der Waals surface area contributed by atoms with Gasteiger partial charge in [0.1, 0.15) is 11.6 Å². The number of rotatable bonds is 6. The van der Waals surface area contributed by atoms with Crippen LogP contribution in [0, 0.1) is 5.82 Å². The molecule has 0 radical (unpaired) electrons. The number of anilines is 1. The molecule has 2 amide bonds. The van der Waals surface area contributed by atoms with E-state index in [0.29, 0.717) is 23.4 Å². The third-order valence-electron chi connectivity index (χ3n) is 4.56. The maximum atomic E-state index is 13.0. The van der Waals surface area contributed by atoms with Crippen LogP contribution in [0.2, 0.25) is 0 Å². The quantitative estimate of drug-likeness (QED) is 0.840. The zero-order chi connectivity index (χ0) is 19.2. The van der Waals surface area contributed by atoms with Crippen molar-refractivity contribution in [2.24, 2.45) is 0 Å². The highest BCUT2D eigenvalue weighted by Crippen LogP contribution is 2.21. The van der Waals surface area contributed by atoms with Crippen molar-refractivity contribution in [1.82, 2.24) is 4.90 Å². The van der Waals surface area contributed by atoms with Crippen LogP contribution >= 0.6 is 0 Å². The van der Waals surface area contributed by atoms with Crippen molar-refractivity contribution in [2.75, 3.05) is 18.4 Å². The second kappa shape index (κ2) is 8.66. The van der Waals surface area contributed by atoms with Crippen LogP contribution in [0.15, 0.2) is 48.5 Å². The van der Waals surface area contributed by atoms with E-state index in [2.05, 4.69) is 5.32 Å². The molecule has 0 saturated carbocycles. The van der Waals surface area contributed by atoms with Gasteiger partial charge >= 0.3 is 0 Å². The highest BCUT2D eigenvalue weighted by Gasteiger charge is 2.24. The van der Waals surface area contributed by atoms with Crippen LogP contribution in [0.3, 0.4) is 0 Å². The van der Waals surface area contributed by atoms with E-state index in [4.69, 9.17) is 4.74 Å². The van der Waals surface area contributed by atoms with Gasteiger partial charge in [0.25, 0.3) is 11.8 Å². The Balaban J connectivity index is 1.72. The molecular weight excluding hydrogens is 347 g/mol. The summed E-state index contributed by atoms with van der Waals surface area (Å²) in [6.07, 6.45) is 1.70. The van der Waals surface area contributed by atoms with Crippen LogP contribution in [-0.2, 0) is 4.79 Å². The molecule has 142 valence electrons. The smallest absolute Gasteiger partial charge is 0.265 e. The summed E-state index contributed by atoms with van der Waals surface area (Å²) in [4.78, 5) is 27.2. The lowest BCUT2D eigenvalue weighted by molar-refractivity contribution is -0.122. The van der Waals surface area contributed by atoms with Gasteiger partial charge in [0.2, 0.25) is 0 Å². The zero-order valence-corrected chi connectivity index (χ0v) is 15.3. The number of carbonyl (C=O) groups is 2. The van der Waals surface area contributed by atoms with Crippen LogP contribution in [0.1, 0.15) is 36.5 Å². The molecule has 1 fully saturated rings. The Bertz CT molecular complexity index is 801. The van der Waals surface area contributed by atoms with Crippen molar-refractivity contribution in [2.45, 2.75) is 32.3 Å². The first kappa shape index (κ1) is 18.9. The number of para-hydroxylation sites is 1. The lowest BCUT2D eigenvalue weighted by Gasteiger charge is -2.20. The summed E-state index contributed by atoms with van der Waals surface area (Å²) in [6, 6.07) is 12.5. The fourth-order valence-corrected chi connectivity index (χ4v) is 3.08. The number of likely N-dealkylation sites (tertiary alicyclic amines) is 1. The molecule has 1 atom stereocenters. The van der Waals surface area contributed by atoms with E-state index in [0.717, 1.165) is 25.9 Å². The molecule has 5 nitrogen and oxygen atoms in total. The maximum absolute atomic E-state index is 13.0. The molecule has 3 rings (SSSR count). The van der Waals surface area contributed by atoms with Gasteiger partial charge in [0, 0.05) is 13.1 Å². The average molecular weight is 370 g/mol. The first-order valence-electron chi connectivity index (χ1n) is 9.20. The molecule has 0 aliphatic carbocycles. The first-order chi connectivity index (χ1) is 13.1. The summed E-state index contributed by atoms with van der Waals surface area (Å²) in [5, 5.41) is 2.81. The molecule has 1 heterocycles. The van der Waals surface area contributed by atoms with Crippen molar-refractivity contribution in [1.29, 1.82) is 0 Å². The molecule has 0 unspecified atom stereocenters. The summed E-state index contributed by atoms with van der Waals surface area (Å²) < 4.78 is 18.7. The molecule has 1 aliphatic heterocycles. The number of ether oxygens (including phenoxy) is 1. The van der Waals surface area contributed by atoms with Gasteiger partial charge < -0.3 is 15.0 Å². The fraction of sp³-hybridized carbons (Fsp3) is 0.333. The van der Waals surface area contributed by atoms with Gasteiger partial charge in [-0.2, -0.15) is 0 Å². The summed E-state index contributed by atoms with van der Waals surface area (Å²) in [7, 11) is 0. The van der Waals surface area contributed by atoms with Gasteiger partial charge in [-0.25, -0.2) is 4.39 Å². The zero-order valence-electron chi connectivity index (χ0n) is 15.3. The molecule has 0 spiro atoms. The van der Waals surface area contributed by atoms with Crippen LogP contribution in [0.25, 0.3) is 0 Å². The van der Waals surface area contributed by atoms with Gasteiger partial charge in [-0.3, -0.25) is 9.59 Å². The summed E-state index contributed by atoms with van der Waals surface area (Å²) in [5.41, 5.74) is 0.949. The van der Waals surface area contributed by atoms with Crippen molar-refractivity contribution in [3.8, 4) is 5.75 Å². The average Bonchev–Trinajstić information content (AvgIpc) is 3.22. The van der Waals surface area contributed by atoms with E-state index in [1.54, 1.807) is 29.2 Å². The van der Waals surface area contributed by atoms with E-state index in [1.165, 1.54) is 24.3 Å². The van der Waals surface area contributed by atoms with Gasteiger partial charge in [-0.05, 0) is 55.7 Å². The molecule has 0 aromatic heterocycles. The van der Waals surface area contributed by atoms with E-state index < -0.39 is 6.10 Å². The van der Waals surface area contributed by atoms with E-state index in [9.17, 15) is 14.0 Å². The van der Waals surface area contributed by atoms with Crippen LogP contribution in [0.5, 0.6) is 5.75 Å². The van der Waals surface area contributed by atoms with Gasteiger partial charge in [-0.15, -0.1) is 0 Å². The Morgan fingerprint density at radius 1 is 1.11 bits per heavy atom. The summed E-state index contributed by atoms with van der Waals surface area (Å²) in [6.45, 7) is 3.31. The topological polar surface area (TPSA) is 58.6 Å². The van der Waals surface area contributed by atoms with Crippen molar-refractivity contribution < 1.29 is 18.7 Å². The normalized spacial score (nSPS) is 14.7. The Kier molecular flexibility index (Phi) is 6.06. The van der Waals surface area contributed by atoms with Crippen LogP contribution < -0.4 is 10.1 Å². The number of halogens is 1. The predicted octanol–water partition coefficient (Wildman–Crippen LogP) is 3.86. The number of carbonyl (C=O) groups excluding carboxylic acids is 2. The monoisotopic (exact) mass is 370 g/mol. The highest BCUT2D eigenvalue weighted by atomic mass is 19.1. The van der Waals surface area contributed by atoms with Crippen LogP contribution in [0.4, 0.5) is 10.1 Å². The Labute approximate surface area is 158 Å². The number of benzene rings is 2. The number of hydrogen-bond donors (Lipinski definition) is 1. The minimum Gasteiger partial charge on any atom is -0.481 e. The first-order valence-corrected chi connectivity index (χ1v) is 9.20. The molecule has 1 aliphatic rings. The second-order valence-corrected chi connectivity index (χ2v) is 6.50. The lowest BCUT2D eigenvalue weighted by atomic mass is 10.1. The number of nitrogens with zero attached hydrogens (tertiary/aromatic N) is 1. The van der Waals surface area contributed by atoms with Crippen molar-refractivity contribution in [3.63, 3.8) is 0 Å². The predicted molar refractivity (Wildman–Crippen MR) is 101 cm³/mol. The lowest BCUT2D eigenvalue weighted by Crippen LogP contribution is -2.34. The second-order valence-electron chi connectivity index (χ2n) is 6.50. The summed E-state index contributed by atoms with van der Waals surface area (Å²) >= 11 is 0. The number of nitrogens with one attached hydrogen (secondary N) is 1. The summed E-state index contributed by atoms with van der Waals surface area (Å²) in [5.74, 6) is -0.367. The molecule has 1 saturated heterocycles. The SMILES string of the molecule is CC[C@H](Oc1ccc(F)cc1)C(=O)Nc1ccccc1C(=O)N1CCCC1. The molecule has 2 aromatic carbocycles. The standard InChI is InChI=1S/C21H23FN2O3/c1-2-19(27-16-11-9-15(22)10-12-16)20(25)23-18-8-4-3-7-17(18)21(26)24-13-5-6-14-24/h3-4,7-12,19H,2,5-6,13-14H2,1H3,(H,23,25)/t19-/m0/s1. The molecule has 1 N–H and O–H groups in total. The van der Waals surface area contributed by atoms with E-state index >= 15 is 0 Å². The number of hydrogen-bond acceptors (Lipinski definition) is 3. The Morgan fingerprint density at radius 3 is 2.44 bits per heavy atom. The number of amides is 2. The third kappa shape index (κ3) is 4.64. The van der Waals surface area contributed by atoms with Gasteiger partial charge in [0.05, 0.1) is 11.3 Å². The molecule has 6 heteroatoms. The highest BCUT2D eigenvalue weighted by molar-refractivity contribution is 6.04. The van der Waals surface area contributed by atoms with Crippen LogP contribution in [-0.4, -0.2) is 35.9 Å². The molecule has 2 aromatic rings. The minimum absolute atomic E-state index is 0.0732. The van der Waals surface area contributed by atoms with E-state index in [1.807, 2.05) is 6.92 Å². The van der Waals surface area contributed by atoms with Crippen molar-refractivity contribution >= 4 is 17.5 Å². The molecular formula is C21H23FN2O3. The largest absolute Gasteiger partial charge is 0.481 e. The van der Waals surface area contributed by atoms with Gasteiger partial charge in [-0.1, -0.05) is 19.1 Å². The maximum Gasteiger partial charge on any atom is 0.265 e. The molecule has 0 bridgehead atoms. The molecule has 27 heavy (non-hydrogen) atoms.